The monoisotopic (exact) mass is 352 g/mol. The van der Waals surface area contributed by atoms with E-state index in [0.29, 0.717) is 0 Å². The zero-order valence-corrected chi connectivity index (χ0v) is 12.9. The lowest BCUT2D eigenvalue weighted by atomic mass is 10.0. The zero-order valence-electron chi connectivity index (χ0n) is 11.4. The Balaban J connectivity index is 3.08. The van der Waals surface area contributed by atoms with Gasteiger partial charge in [-0.25, -0.2) is 0 Å². The van der Waals surface area contributed by atoms with Crippen molar-refractivity contribution >= 4 is 27.4 Å². The van der Waals surface area contributed by atoms with E-state index in [2.05, 4.69) is 21.2 Å². The van der Waals surface area contributed by atoms with Gasteiger partial charge in [0, 0.05) is 15.6 Å². The van der Waals surface area contributed by atoms with Gasteiger partial charge in [0.15, 0.2) is 5.78 Å². The predicted molar refractivity (Wildman–Crippen MR) is 75.6 cm³/mol. The van der Waals surface area contributed by atoms with Gasteiger partial charge >= 0.3 is 6.18 Å². The van der Waals surface area contributed by atoms with Crippen molar-refractivity contribution in [2.24, 2.45) is 0 Å². The highest BCUT2D eigenvalue weighted by Crippen LogP contribution is 2.37. The van der Waals surface area contributed by atoms with Crippen LogP contribution in [0, 0.1) is 0 Å². The lowest BCUT2D eigenvalue weighted by Gasteiger charge is -2.20. The van der Waals surface area contributed by atoms with Gasteiger partial charge < -0.3 is 11.1 Å². The van der Waals surface area contributed by atoms with Gasteiger partial charge in [-0.3, -0.25) is 4.79 Å². The second kappa shape index (κ2) is 5.73. The normalized spacial score (nSPS) is 12.6. The number of carbonyl (C=O) groups is 1. The minimum atomic E-state index is -4.60. The van der Waals surface area contributed by atoms with Crippen molar-refractivity contribution in [3.05, 3.63) is 27.7 Å². The number of hydrogen-bond acceptors (Lipinski definition) is 3. The summed E-state index contributed by atoms with van der Waals surface area (Å²) in [5.74, 6) is -0.425. The molecule has 0 saturated heterocycles. The molecule has 7 heteroatoms. The Hall–Kier alpha value is -1.08. The Kier molecular flexibility index (Phi) is 4.86. The third-order valence-electron chi connectivity index (χ3n) is 2.54. The van der Waals surface area contributed by atoms with Crippen LogP contribution in [0.3, 0.4) is 0 Å². The third kappa shape index (κ3) is 4.49. The topological polar surface area (TPSA) is 55.1 Å². The number of carbonyl (C=O) groups excluding carboxylic acids is 1. The van der Waals surface area contributed by atoms with E-state index in [0.717, 1.165) is 6.07 Å². The quantitative estimate of drug-likeness (QED) is 0.645. The van der Waals surface area contributed by atoms with E-state index in [1.165, 1.54) is 6.07 Å². The van der Waals surface area contributed by atoms with E-state index in [9.17, 15) is 18.0 Å². The van der Waals surface area contributed by atoms with Gasteiger partial charge in [0.2, 0.25) is 0 Å². The van der Waals surface area contributed by atoms with E-state index in [1.807, 2.05) is 20.8 Å². The molecule has 0 radical (unpaired) electrons. The van der Waals surface area contributed by atoms with Gasteiger partial charge in [-0.1, -0.05) is 0 Å². The summed E-state index contributed by atoms with van der Waals surface area (Å²) >= 11 is 2.95. The summed E-state index contributed by atoms with van der Waals surface area (Å²) in [6.07, 6.45) is -4.60. The number of halogens is 4. The minimum absolute atomic E-state index is 0.0323. The van der Waals surface area contributed by atoms with Crippen molar-refractivity contribution in [1.82, 2.24) is 5.32 Å². The van der Waals surface area contributed by atoms with Gasteiger partial charge in [0.25, 0.3) is 0 Å². The fourth-order valence-electron chi connectivity index (χ4n) is 1.46. The van der Waals surface area contributed by atoms with Crippen LogP contribution in [-0.4, -0.2) is 17.9 Å². The summed E-state index contributed by atoms with van der Waals surface area (Å²) in [6.45, 7) is 5.54. The molecule has 0 aliphatic heterocycles. The average Bonchev–Trinajstić information content (AvgIpc) is 2.26. The molecule has 112 valence electrons. The van der Waals surface area contributed by atoms with Crippen LogP contribution >= 0.6 is 15.9 Å². The molecule has 1 aromatic carbocycles. The maximum absolute atomic E-state index is 12.8. The molecule has 0 aliphatic rings. The van der Waals surface area contributed by atoms with Crippen LogP contribution in [0.4, 0.5) is 18.9 Å². The molecule has 0 spiro atoms. The van der Waals surface area contributed by atoms with Crippen LogP contribution in [0.1, 0.15) is 36.7 Å². The number of nitrogens with one attached hydrogen (secondary N) is 1. The number of nitrogens with two attached hydrogens (primary N) is 1. The van der Waals surface area contributed by atoms with E-state index >= 15 is 0 Å². The molecular formula is C13H16BrF3N2O. The highest BCUT2D eigenvalue weighted by molar-refractivity contribution is 9.10. The average molecular weight is 353 g/mol. The Morgan fingerprint density at radius 2 is 1.85 bits per heavy atom. The van der Waals surface area contributed by atoms with E-state index in [1.54, 1.807) is 0 Å². The summed E-state index contributed by atoms with van der Waals surface area (Å²) in [5, 5.41) is 2.94. The molecule has 3 nitrogen and oxygen atoms in total. The van der Waals surface area contributed by atoms with Crippen molar-refractivity contribution in [1.29, 1.82) is 0 Å². The van der Waals surface area contributed by atoms with E-state index in [-0.39, 0.29) is 22.1 Å². The molecule has 1 aromatic rings. The molecule has 0 unspecified atom stereocenters. The first-order valence-electron chi connectivity index (χ1n) is 5.86. The second-order valence-corrected chi connectivity index (χ2v) is 6.30. The van der Waals surface area contributed by atoms with Crippen molar-refractivity contribution in [2.75, 3.05) is 12.3 Å². The minimum Gasteiger partial charge on any atom is -0.397 e. The van der Waals surface area contributed by atoms with Crippen LogP contribution < -0.4 is 11.1 Å². The van der Waals surface area contributed by atoms with Crippen molar-refractivity contribution in [3.63, 3.8) is 0 Å². The van der Waals surface area contributed by atoms with Crippen LogP contribution in [0.25, 0.3) is 0 Å². The molecule has 0 amide bonds. The second-order valence-electron chi connectivity index (χ2n) is 5.44. The van der Waals surface area contributed by atoms with Gasteiger partial charge in [-0.15, -0.1) is 0 Å². The summed E-state index contributed by atoms with van der Waals surface area (Å²) in [7, 11) is 0. The van der Waals surface area contributed by atoms with Gasteiger partial charge in [-0.2, -0.15) is 13.2 Å². The number of hydrogen-bond donors (Lipinski definition) is 2. The number of Topliss-reactive ketones (excluding diaryl/α,β-unsaturated/α-hetero) is 1. The lowest BCUT2D eigenvalue weighted by molar-refractivity contribution is -0.136. The van der Waals surface area contributed by atoms with Crippen LogP contribution in [0.15, 0.2) is 16.6 Å². The number of nitrogen functional groups attached to an aromatic ring is 1. The van der Waals surface area contributed by atoms with E-state index < -0.39 is 23.2 Å². The SMILES string of the molecule is CC(C)(C)NCC(=O)c1cc(Br)c(N)c(C(F)(F)F)c1. The fraction of sp³-hybridized carbons (Fsp3) is 0.462. The van der Waals surface area contributed by atoms with E-state index in [4.69, 9.17) is 5.73 Å². The maximum atomic E-state index is 12.8. The Morgan fingerprint density at radius 1 is 1.30 bits per heavy atom. The zero-order chi connectivity index (χ0) is 15.7. The highest BCUT2D eigenvalue weighted by Gasteiger charge is 2.34. The maximum Gasteiger partial charge on any atom is 0.418 e. The van der Waals surface area contributed by atoms with Gasteiger partial charge in [0.05, 0.1) is 17.8 Å². The lowest BCUT2D eigenvalue weighted by Crippen LogP contribution is -2.39. The third-order valence-corrected chi connectivity index (χ3v) is 3.19. The fourth-order valence-corrected chi connectivity index (χ4v) is 1.92. The summed E-state index contributed by atoms with van der Waals surface area (Å²) in [4.78, 5) is 11.9. The predicted octanol–water partition coefficient (Wildman–Crippen LogP) is 3.62. The van der Waals surface area contributed by atoms with Crippen LogP contribution in [-0.2, 0) is 6.18 Å². The van der Waals surface area contributed by atoms with Crippen LogP contribution in [0.2, 0.25) is 0 Å². The summed E-state index contributed by atoms with van der Waals surface area (Å²) < 4.78 is 38.5. The van der Waals surface area contributed by atoms with Crippen molar-refractivity contribution in [3.8, 4) is 0 Å². The molecule has 0 aromatic heterocycles. The number of benzene rings is 1. The first kappa shape index (κ1) is 17.0. The Morgan fingerprint density at radius 3 is 2.30 bits per heavy atom. The summed E-state index contributed by atoms with van der Waals surface area (Å²) in [5.41, 5.74) is 3.63. The molecule has 3 N–H and O–H groups in total. The molecular weight excluding hydrogens is 337 g/mol. The number of alkyl halides is 3. The molecule has 0 atom stereocenters. The molecule has 1 rings (SSSR count). The number of rotatable bonds is 3. The number of ketones is 1. The largest absolute Gasteiger partial charge is 0.418 e. The smallest absolute Gasteiger partial charge is 0.397 e. The van der Waals surface area contributed by atoms with Crippen molar-refractivity contribution in [2.45, 2.75) is 32.5 Å². The first-order chi connectivity index (χ1) is 8.92. The van der Waals surface area contributed by atoms with Gasteiger partial charge in [0.1, 0.15) is 0 Å². The summed E-state index contributed by atoms with van der Waals surface area (Å²) in [6, 6.07) is 2.09. The van der Waals surface area contributed by atoms with Crippen molar-refractivity contribution < 1.29 is 18.0 Å². The molecule has 0 bridgehead atoms. The molecule has 0 saturated carbocycles. The van der Waals surface area contributed by atoms with Gasteiger partial charge in [-0.05, 0) is 48.8 Å². The standard InChI is InChI=1S/C13H16BrF3N2O/c1-12(2,3)19-6-10(20)7-4-8(13(15,16)17)11(18)9(14)5-7/h4-5,19H,6,18H2,1-3H3. The Bertz CT molecular complexity index is 522. The number of anilines is 1. The first-order valence-corrected chi connectivity index (χ1v) is 6.65. The molecule has 20 heavy (non-hydrogen) atoms. The molecule has 0 aliphatic carbocycles. The highest BCUT2D eigenvalue weighted by atomic mass is 79.9. The molecule has 0 fully saturated rings. The van der Waals surface area contributed by atoms with Crippen LogP contribution in [0.5, 0.6) is 0 Å². The molecule has 0 heterocycles. The Labute approximate surface area is 123 Å².